The summed E-state index contributed by atoms with van der Waals surface area (Å²) in [7, 11) is 0. The Morgan fingerprint density at radius 2 is 2.31 bits per heavy atom. The highest BCUT2D eigenvalue weighted by Gasteiger charge is 2.34. The summed E-state index contributed by atoms with van der Waals surface area (Å²) < 4.78 is 5.51. The molecular weight excluding hydrogens is 210 g/mol. The Hall–Kier alpha value is -1.17. The Labute approximate surface area is 92.7 Å². The Kier molecular flexibility index (Phi) is 3.09. The van der Waals surface area contributed by atoms with Gasteiger partial charge in [-0.05, 0) is 13.0 Å². The van der Waals surface area contributed by atoms with Gasteiger partial charge in [-0.3, -0.25) is 4.79 Å². The zero-order valence-corrected chi connectivity index (χ0v) is 9.01. The largest absolute Gasteiger partial charge is 0.394 e. The average Bonchev–Trinajstić information content (AvgIpc) is 2.59. The summed E-state index contributed by atoms with van der Waals surface area (Å²) >= 11 is 0. The monoisotopic (exact) mass is 225 g/mol. The first-order valence-electron chi connectivity index (χ1n) is 5.26. The van der Waals surface area contributed by atoms with Crippen molar-refractivity contribution in [2.24, 2.45) is 0 Å². The number of aliphatic hydroxyl groups is 2. The van der Waals surface area contributed by atoms with Crippen LogP contribution >= 0.6 is 0 Å². The molecule has 1 aromatic heterocycles. The molecule has 2 rings (SSSR count). The van der Waals surface area contributed by atoms with Gasteiger partial charge >= 0.3 is 0 Å². The van der Waals surface area contributed by atoms with E-state index in [0.717, 1.165) is 11.3 Å². The number of nitrogens with one attached hydrogen (secondary N) is 1. The Balaban J connectivity index is 2.23. The number of hydrogen-bond donors (Lipinski definition) is 3. The van der Waals surface area contributed by atoms with Gasteiger partial charge < -0.3 is 19.9 Å². The second-order valence-corrected chi connectivity index (χ2v) is 4.05. The van der Waals surface area contributed by atoms with Crippen molar-refractivity contribution in [2.75, 3.05) is 6.61 Å². The molecule has 88 valence electrons. The molecule has 1 aliphatic rings. The molecule has 0 unspecified atom stereocenters. The van der Waals surface area contributed by atoms with Crippen LogP contribution in [0.25, 0.3) is 0 Å². The Morgan fingerprint density at radius 3 is 2.88 bits per heavy atom. The van der Waals surface area contributed by atoms with Crippen LogP contribution in [0.4, 0.5) is 0 Å². The summed E-state index contributed by atoms with van der Waals surface area (Å²) in [5.41, 5.74) is 1.44. The number of pyridine rings is 1. The number of aliphatic hydroxyl groups excluding tert-OH is 2. The Morgan fingerprint density at radius 1 is 1.56 bits per heavy atom. The van der Waals surface area contributed by atoms with E-state index in [2.05, 4.69) is 4.98 Å². The maximum Gasteiger partial charge on any atom is 0.248 e. The molecule has 0 amide bonds. The van der Waals surface area contributed by atoms with Gasteiger partial charge in [0.2, 0.25) is 5.56 Å². The molecule has 3 atom stereocenters. The highest BCUT2D eigenvalue weighted by Crippen LogP contribution is 2.33. The highest BCUT2D eigenvalue weighted by atomic mass is 16.5. The van der Waals surface area contributed by atoms with E-state index in [0.29, 0.717) is 6.42 Å². The number of H-pyrrole nitrogens is 1. The van der Waals surface area contributed by atoms with Crippen LogP contribution in [0.15, 0.2) is 16.9 Å². The summed E-state index contributed by atoms with van der Waals surface area (Å²) in [5, 5.41) is 18.6. The van der Waals surface area contributed by atoms with Crippen LogP contribution in [0.2, 0.25) is 0 Å². The third kappa shape index (κ3) is 2.02. The smallest absolute Gasteiger partial charge is 0.248 e. The van der Waals surface area contributed by atoms with Crippen molar-refractivity contribution in [3.63, 3.8) is 0 Å². The summed E-state index contributed by atoms with van der Waals surface area (Å²) in [6.07, 6.45) is -1.00. The van der Waals surface area contributed by atoms with Crippen molar-refractivity contribution in [2.45, 2.75) is 31.7 Å². The molecule has 16 heavy (non-hydrogen) atoms. The van der Waals surface area contributed by atoms with Crippen LogP contribution in [0.3, 0.4) is 0 Å². The van der Waals surface area contributed by atoms with Crippen molar-refractivity contribution >= 4 is 0 Å². The summed E-state index contributed by atoms with van der Waals surface area (Å²) in [4.78, 5) is 13.7. The van der Waals surface area contributed by atoms with E-state index in [1.807, 2.05) is 0 Å². The van der Waals surface area contributed by atoms with Crippen molar-refractivity contribution < 1.29 is 14.9 Å². The van der Waals surface area contributed by atoms with Gasteiger partial charge in [-0.2, -0.15) is 0 Å². The van der Waals surface area contributed by atoms with Crippen molar-refractivity contribution in [3.05, 3.63) is 33.7 Å². The molecule has 1 fully saturated rings. The molecule has 1 aliphatic heterocycles. The molecule has 0 bridgehead atoms. The molecule has 0 aromatic carbocycles. The second-order valence-electron chi connectivity index (χ2n) is 4.05. The van der Waals surface area contributed by atoms with Crippen LogP contribution in [-0.2, 0) is 4.74 Å². The van der Waals surface area contributed by atoms with Crippen LogP contribution in [-0.4, -0.2) is 34.0 Å². The van der Waals surface area contributed by atoms with Crippen molar-refractivity contribution in [1.29, 1.82) is 0 Å². The molecular formula is C11H15NO4. The summed E-state index contributed by atoms with van der Waals surface area (Å²) in [5.74, 6) is 0. The molecule has 0 aliphatic carbocycles. The van der Waals surface area contributed by atoms with Crippen LogP contribution < -0.4 is 5.56 Å². The third-order valence-corrected chi connectivity index (χ3v) is 2.91. The topological polar surface area (TPSA) is 82.6 Å². The highest BCUT2D eigenvalue weighted by molar-refractivity contribution is 5.22. The first-order valence-corrected chi connectivity index (χ1v) is 5.26. The fourth-order valence-electron chi connectivity index (χ4n) is 2.03. The van der Waals surface area contributed by atoms with E-state index in [9.17, 15) is 9.90 Å². The zero-order chi connectivity index (χ0) is 11.7. The minimum atomic E-state index is -0.652. The van der Waals surface area contributed by atoms with Gasteiger partial charge in [-0.1, -0.05) is 0 Å². The normalized spacial score (nSPS) is 29.6. The van der Waals surface area contributed by atoms with E-state index in [-0.39, 0.29) is 18.3 Å². The lowest BCUT2D eigenvalue weighted by Crippen LogP contribution is -2.24. The maximum atomic E-state index is 11.1. The van der Waals surface area contributed by atoms with Crippen LogP contribution in [0.5, 0.6) is 0 Å². The molecule has 0 saturated carbocycles. The van der Waals surface area contributed by atoms with Crippen LogP contribution in [0, 0.1) is 6.92 Å². The first kappa shape index (κ1) is 11.3. The van der Waals surface area contributed by atoms with Crippen LogP contribution in [0.1, 0.15) is 23.8 Å². The fourth-order valence-corrected chi connectivity index (χ4v) is 2.03. The number of hydrogen-bond acceptors (Lipinski definition) is 4. The Bertz CT molecular complexity index is 428. The number of ether oxygens (including phenoxy) is 1. The van der Waals surface area contributed by atoms with Gasteiger partial charge in [0.25, 0.3) is 0 Å². The lowest BCUT2D eigenvalue weighted by molar-refractivity contribution is -0.0228. The van der Waals surface area contributed by atoms with E-state index in [4.69, 9.17) is 9.84 Å². The van der Waals surface area contributed by atoms with Gasteiger partial charge in [0.15, 0.2) is 0 Å². The minimum Gasteiger partial charge on any atom is -0.394 e. The molecule has 1 saturated heterocycles. The molecule has 1 aromatic rings. The number of aryl methyl sites for hydroxylation is 1. The van der Waals surface area contributed by atoms with E-state index < -0.39 is 12.2 Å². The quantitative estimate of drug-likeness (QED) is 0.654. The average molecular weight is 225 g/mol. The standard InChI is InChI=1S/C11H15NO4/c1-6-7(2-3-11(15)12-6)9-4-8(14)10(5-13)16-9/h2-3,8-10,13-14H,4-5H2,1H3,(H,12,15)/t8-,9+,10+/m0/s1. The molecule has 0 spiro atoms. The molecule has 5 nitrogen and oxygen atoms in total. The van der Waals surface area contributed by atoms with Gasteiger partial charge in [-0.25, -0.2) is 0 Å². The lowest BCUT2D eigenvalue weighted by atomic mass is 10.0. The number of rotatable bonds is 2. The first-order chi connectivity index (χ1) is 7.61. The van der Waals surface area contributed by atoms with Crippen molar-refractivity contribution in [3.8, 4) is 0 Å². The van der Waals surface area contributed by atoms with E-state index >= 15 is 0 Å². The van der Waals surface area contributed by atoms with Gasteiger partial charge in [0.1, 0.15) is 6.10 Å². The summed E-state index contributed by atoms with van der Waals surface area (Å²) in [6.45, 7) is 1.60. The van der Waals surface area contributed by atoms with Gasteiger partial charge in [0, 0.05) is 23.7 Å². The molecule has 3 N–H and O–H groups in total. The maximum absolute atomic E-state index is 11.1. The van der Waals surface area contributed by atoms with Gasteiger partial charge in [-0.15, -0.1) is 0 Å². The molecule has 0 radical (unpaired) electrons. The predicted octanol–water partition coefficient (Wildman–Crippen LogP) is -0.133. The van der Waals surface area contributed by atoms with Gasteiger partial charge in [0.05, 0.1) is 18.8 Å². The molecule has 2 heterocycles. The fraction of sp³-hybridized carbons (Fsp3) is 0.545. The van der Waals surface area contributed by atoms with E-state index in [1.165, 1.54) is 6.07 Å². The zero-order valence-electron chi connectivity index (χ0n) is 9.01. The SMILES string of the molecule is Cc1[nH]c(=O)ccc1[C@H]1C[C@H](O)[C@@H](CO)O1. The predicted molar refractivity (Wildman–Crippen MR) is 57.1 cm³/mol. The number of aromatic nitrogens is 1. The minimum absolute atomic E-state index is 0.154. The van der Waals surface area contributed by atoms with E-state index in [1.54, 1.807) is 13.0 Å². The lowest BCUT2D eigenvalue weighted by Gasteiger charge is -2.13. The summed E-state index contributed by atoms with van der Waals surface area (Å²) in [6, 6.07) is 3.13. The number of aromatic amines is 1. The van der Waals surface area contributed by atoms with Crippen molar-refractivity contribution in [1.82, 2.24) is 4.98 Å². The third-order valence-electron chi connectivity index (χ3n) is 2.91. The second kappa shape index (κ2) is 4.37. The molecule has 5 heteroatoms.